The number of ether oxygens (including phenoxy) is 1. The van der Waals surface area contributed by atoms with Crippen molar-refractivity contribution in [2.75, 3.05) is 7.05 Å². The molecule has 0 aliphatic heterocycles. The van der Waals surface area contributed by atoms with E-state index in [1.165, 1.54) is 6.07 Å². The van der Waals surface area contributed by atoms with Gasteiger partial charge in [-0.05, 0) is 32.2 Å². The van der Waals surface area contributed by atoms with Gasteiger partial charge < -0.3 is 14.5 Å². The standard InChI is InChI=1S/C14H14BrF2NO2/c1-8-9(3-11(20-8)6-18-2)7-19-13-5-10(15)4-12(16)14(13)17/h3-5,18H,6-7H2,1-2H3. The number of hydrogen-bond acceptors (Lipinski definition) is 3. The first-order valence-corrected chi connectivity index (χ1v) is 6.80. The Balaban J connectivity index is 2.12. The molecule has 108 valence electrons. The van der Waals surface area contributed by atoms with E-state index in [1.54, 1.807) is 6.92 Å². The van der Waals surface area contributed by atoms with Crippen molar-refractivity contribution in [1.29, 1.82) is 0 Å². The minimum Gasteiger partial charge on any atom is -0.486 e. The van der Waals surface area contributed by atoms with E-state index in [4.69, 9.17) is 9.15 Å². The quantitative estimate of drug-likeness (QED) is 0.834. The number of nitrogens with one attached hydrogen (secondary N) is 1. The first-order valence-electron chi connectivity index (χ1n) is 6.01. The molecule has 0 aliphatic rings. The molecular weight excluding hydrogens is 332 g/mol. The highest BCUT2D eigenvalue weighted by Gasteiger charge is 2.13. The number of benzene rings is 1. The van der Waals surface area contributed by atoms with Crippen molar-refractivity contribution in [2.45, 2.75) is 20.1 Å². The average molecular weight is 346 g/mol. The van der Waals surface area contributed by atoms with Crippen LogP contribution in [-0.2, 0) is 13.2 Å². The molecule has 1 N–H and O–H groups in total. The second-order valence-corrected chi connectivity index (χ2v) is 5.23. The molecule has 20 heavy (non-hydrogen) atoms. The van der Waals surface area contributed by atoms with E-state index in [1.807, 2.05) is 13.1 Å². The third-order valence-corrected chi connectivity index (χ3v) is 3.22. The number of halogens is 3. The maximum absolute atomic E-state index is 13.6. The molecule has 1 aromatic carbocycles. The van der Waals surface area contributed by atoms with Crippen molar-refractivity contribution in [3.63, 3.8) is 0 Å². The molecule has 0 fully saturated rings. The lowest BCUT2D eigenvalue weighted by Crippen LogP contribution is -2.03. The van der Waals surface area contributed by atoms with Gasteiger partial charge in [0.15, 0.2) is 11.6 Å². The molecule has 1 aromatic heterocycles. The van der Waals surface area contributed by atoms with Crippen LogP contribution >= 0.6 is 15.9 Å². The van der Waals surface area contributed by atoms with Crippen molar-refractivity contribution in [1.82, 2.24) is 5.32 Å². The van der Waals surface area contributed by atoms with E-state index in [9.17, 15) is 8.78 Å². The van der Waals surface area contributed by atoms with E-state index < -0.39 is 11.6 Å². The molecule has 0 saturated carbocycles. The van der Waals surface area contributed by atoms with Crippen LogP contribution in [0, 0.1) is 18.6 Å². The highest BCUT2D eigenvalue weighted by atomic mass is 79.9. The van der Waals surface area contributed by atoms with Crippen molar-refractivity contribution < 1.29 is 17.9 Å². The molecule has 6 heteroatoms. The normalized spacial score (nSPS) is 10.8. The minimum absolute atomic E-state index is 0.117. The molecule has 0 atom stereocenters. The van der Waals surface area contributed by atoms with Gasteiger partial charge in [-0.25, -0.2) is 4.39 Å². The molecule has 2 aromatic rings. The van der Waals surface area contributed by atoms with Crippen LogP contribution in [0.3, 0.4) is 0 Å². The molecule has 0 radical (unpaired) electrons. The molecule has 2 rings (SSSR count). The Labute approximate surface area is 124 Å². The van der Waals surface area contributed by atoms with Crippen molar-refractivity contribution in [3.8, 4) is 5.75 Å². The number of aryl methyl sites for hydroxylation is 1. The van der Waals surface area contributed by atoms with Gasteiger partial charge in [-0.1, -0.05) is 15.9 Å². The Bertz CT molecular complexity index is 613. The summed E-state index contributed by atoms with van der Waals surface area (Å²) in [7, 11) is 1.81. The first-order chi connectivity index (χ1) is 9.51. The molecule has 3 nitrogen and oxygen atoms in total. The molecule has 0 aliphatic carbocycles. The number of hydrogen-bond donors (Lipinski definition) is 1. The average Bonchev–Trinajstić information content (AvgIpc) is 2.73. The van der Waals surface area contributed by atoms with Crippen LogP contribution in [0.5, 0.6) is 5.75 Å². The Hall–Kier alpha value is -1.40. The third-order valence-electron chi connectivity index (χ3n) is 2.77. The van der Waals surface area contributed by atoms with Gasteiger partial charge in [0.25, 0.3) is 0 Å². The molecule has 0 saturated heterocycles. The summed E-state index contributed by atoms with van der Waals surface area (Å²) in [5.41, 5.74) is 0.801. The summed E-state index contributed by atoms with van der Waals surface area (Å²) in [5.74, 6) is -0.609. The maximum atomic E-state index is 13.6. The molecular formula is C14H14BrF2NO2. The predicted octanol–water partition coefficient (Wildman–Crippen LogP) is 3.93. The Morgan fingerprint density at radius 2 is 2.05 bits per heavy atom. The zero-order chi connectivity index (χ0) is 14.7. The summed E-state index contributed by atoms with van der Waals surface area (Å²) >= 11 is 3.10. The second kappa shape index (κ2) is 6.37. The Morgan fingerprint density at radius 3 is 2.75 bits per heavy atom. The maximum Gasteiger partial charge on any atom is 0.200 e. The SMILES string of the molecule is CNCc1cc(COc2cc(Br)cc(F)c2F)c(C)o1. The highest BCUT2D eigenvalue weighted by Crippen LogP contribution is 2.26. The molecule has 1 heterocycles. The van der Waals surface area contributed by atoms with Gasteiger partial charge in [0.05, 0.1) is 6.54 Å². The Kier molecular flexibility index (Phi) is 4.77. The molecule has 0 amide bonds. The van der Waals surface area contributed by atoms with Crippen molar-refractivity contribution in [2.24, 2.45) is 0 Å². The summed E-state index contributed by atoms with van der Waals surface area (Å²) in [6, 6.07) is 4.27. The topological polar surface area (TPSA) is 34.4 Å². The smallest absolute Gasteiger partial charge is 0.200 e. The van der Waals surface area contributed by atoms with Gasteiger partial charge >= 0.3 is 0 Å². The lowest BCUT2D eigenvalue weighted by atomic mass is 10.2. The zero-order valence-corrected chi connectivity index (χ0v) is 12.7. The Morgan fingerprint density at radius 1 is 1.30 bits per heavy atom. The fourth-order valence-electron chi connectivity index (χ4n) is 1.79. The largest absolute Gasteiger partial charge is 0.486 e. The van der Waals surface area contributed by atoms with E-state index in [-0.39, 0.29) is 12.4 Å². The van der Waals surface area contributed by atoms with Crippen LogP contribution in [-0.4, -0.2) is 7.05 Å². The fraction of sp³-hybridized carbons (Fsp3) is 0.286. The second-order valence-electron chi connectivity index (χ2n) is 4.31. The monoisotopic (exact) mass is 345 g/mol. The van der Waals surface area contributed by atoms with Crippen LogP contribution in [0.15, 0.2) is 27.1 Å². The highest BCUT2D eigenvalue weighted by molar-refractivity contribution is 9.10. The van der Waals surface area contributed by atoms with Crippen LogP contribution < -0.4 is 10.1 Å². The summed E-state index contributed by atoms with van der Waals surface area (Å²) in [5, 5.41) is 2.97. The van der Waals surface area contributed by atoms with Crippen LogP contribution in [0.1, 0.15) is 17.1 Å². The summed E-state index contributed by atoms with van der Waals surface area (Å²) in [6.07, 6.45) is 0. The van der Waals surface area contributed by atoms with E-state index >= 15 is 0 Å². The van der Waals surface area contributed by atoms with E-state index in [0.717, 1.165) is 17.4 Å². The van der Waals surface area contributed by atoms with Gasteiger partial charge in [0.1, 0.15) is 18.1 Å². The summed E-state index contributed by atoms with van der Waals surface area (Å²) in [6.45, 7) is 2.52. The number of rotatable bonds is 5. The predicted molar refractivity (Wildman–Crippen MR) is 74.6 cm³/mol. The number of furan rings is 1. The molecule has 0 spiro atoms. The van der Waals surface area contributed by atoms with Crippen molar-refractivity contribution in [3.05, 3.63) is 51.4 Å². The minimum atomic E-state index is -0.996. The summed E-state index contributed by atoms with van der Waals surface area (Å²) < 4.78 is 38.0. The van der Waals surface area contributed by atoms with Gasteiger partial charge in [-0.15, -0.1) is 0 Å². The lowest BCUT2D eigenvalue weighted by molar-refractivity contribution is 0.282. The van der Waals surface area contributed by atoms with Crippen LogP contribution in [0.4, 0.5) is 8.78 Å². The lowest BCUT2D eigenvalue weighted by Gasteiger charge is -2.07. The van der Waals surface area contributed by atoms with Gasteiger partial charge in [0, 0.05) is 10.0 Å². The van der Waals surface area contributed by atoms with Crippen LogP contribution in [0.2, 0.25) is 0 Å². The summed E-state index contributed by atoms with van der Waals surface area (Å²) in [4.78, 5) is 0. The van der Waals surface area contributed by atoms with Gasteiger partial charge in [0.2, 0.25) is 5.82 Å². The van der Waals surface area contributed by atoms with Crippen molar-refractivity contribution >= 4 is 15.9 Å². The zero-order valence-electron chi connectivity index (χ0n) is 11.1. The third kappa shape index (κ3) is 3.37. The van der Waals surface area contributed by atoms with Crippen LogP contribution in [0.25, 0.3) is 0 Å². The van der Waals surface area contributed by atoms with Gasteiger partial charge in [-0.2, -0.15) is 4.39 Å². The molecule has 0 unspecified atom stereocenters. The van der Waals surface area contributed by atoms with Gasteiger partial charge in [-0.3, -0.25) is 0 Å². The first kappa shape index (κ1) is 15.0. The van der Waals surface area contributed by atoms with E-state index in [0.29, 0.717) is 16.8 Å². The van der Waals surface area contributed by atoms with E-state index in [2.05, 4.69) is 21.2 Å². The molecule has 0 bridgehead atoms. The fourth-order valence-corrected chi connectivity index (χ4v) is 2.19.